The van der Waals surface area contributed by atoms with Crippen LogP contribution in [-0.4, -0.2) is 27.6 Å². The third-order valence-electron chi connectivity index (χ3n) is 5.23. The van der Waals surface area contributed by atoms with Crippen molar-refractivity contribution in [1.82, 2.24) is 0 Å². The van der Waals surface area contributed by atoms with Gasteiger partial charge in [0.25, 0.3) is 0 Å². The average Bonchev–Trinajstić information content (AvgIpc) is 2.72. The number of rotatable bonds is 11. The number of nitrogens with two attached hydrogens (primary N) is 1. The van der Waals surface area contributed by atoms with Gasteiger partial charge in [-0.25, -0.2) is 13.6 Å². The molecule has 33 heavy (non-hydrogen) atoms. The van der Waals surface area contributed by atoms with Crippen LogP contribution in [0.4, 0.5) is 8.78 Å². The first kappa shape index (κ1) is 24.9. The number of alkyl halides is 2. The van der Waals surface area contributed by atoms with Crippen LogP contribution < -0.4 is 14.6 Å². The quantitative estimate of drug-likeness (QED) is 0.367. The predicted octanol–water partition coefficient (Wildman–Crippen LogP) is 4.69. The number of primary sulfonamides is 1. The van der Waals surface area contributed by atoms with Crippen LogP contribution in [0.25, 0.3) is 11.1 Å². The van der Waals surface area contributed by atoms with Crippen molar-refractivity contribution in [1.29, 1.82) is 0 Å². The summed E-state index contributed by atoms with van der Waals surface area (Å²) >= 11 is 0. The fourth-order valence-electron chi connectivity index (χ4n) is 3.94. The van der Waals surface area contributed by atoms with Crippen molar-refractivity contribution in [3.05, 3.63) is 47.5 Å². The van der Waals surface area contributed by atoms with Gasteiger partial charge in [-0.05, 0) is 49.4 Å². The van der Waals surface area contributed by atoms with Gasteiger partial charge in [0.05, 0.1) is 17.9 Å². The SMILES string of the molecule is CCOC(=O)CCCCCC1Oc2cccc(OC(F)F)c2-c2ccc(CS(N)(=O)=O)cc21. The van der Waals surface area contributed by atoms with Gasteiger partial charge in [-0.3, -0.25) is 4.79 Å². The van der Waals surface area contributed by atoms with E-state index < -0.39 is 22.7 Å². The van der Waals surface area contributed by atoms with Gasteiger partial charge in [-0.1, -0.05) is 30.7 Å². The van der Waals surface area contributed by atoms with Gasteiger partial charge in [-0.2, -0.15) is 8.78 Å². The maximum absolute atomic E-state index is 13.0. The van der Waals surface area contributed by atoms with Crippen LogP contribution in [0, 0.1) is 0 Å². The Morgan fingerprint density at radius 2 is 1.97 bits per heavy atom. The third-order valence-corrected chi connectivity index (χ3v) is 5.96. The minimum Gasteiger partial charge on any atom is -0.485 e. The molecule has 0 saturated heterocycles. The third kappa shape index (κ3) is 6.88. The molecule has 0 amide bonds. The van der Waals surface area contributed by atoms with E-state index in [9.17, 15) is 22.0 Å². The number of carbonyl (C=O) groups excluding carboxylic acids is 1. The Balaban J connectivity index is 1.85. The Kier molecular flexibility index (Phi) is 8.25. The van der Waals surface area contributed by atoms with Crippen molar-refractivity contribution in [3.63, 3.8) is 0 Å². The number of hydrogen-bond acceptors (Lipinski definition) is 6. The molecule has 7 nitrogen and oxygen atoms in total. The fraction of sp³-hybridized carbons (Fsp3) is 0.435. The first-order valence-corrected chi connectivity index (χ1v) is 12.4. The monoisotopic (exact) mass is 483 g/mol. The molecule has 1 heterocycles. The van der Waals surface area contributed by atoms with E-state index in [1.807, 2.05) is 0 Å². The second-order valence-electron chi connectivity index (χ2n) is 7.75. The summed E-state index contributed by atoms with van der Waals surface area (Å²) in [5, 5.41) is 5.19. The van der Waals surface area contributed by atoms with Crippen LogP contribution in [0.1, 0.15) is 56.3 Å². The van der Waals surface area contributed by atoms with Crippen molar-refractivity contribution < 1.29 is 36.2 Å². The minimum absolute atomic E-state index is 0.0177. The van der Waals surface area contributed by atoms with Gasteiger partial charge < -0.3 is 14.2 Å². The molecule has 0 saturated carbocycles. The molecule has 1 aliphatic heterocycles. The molecule has 2 aromatic rings. The molecule has 2 aromatic carbocycles. The highest BCUT2D eigenvalue weighted by Crippen LogP contribution is 2.49. The molecule has 180 valence electrons. The van der Waals surface area contributed by atoms with E-state index in [4.69, 9.17) is 19.3 Å². The maximum atomic E-state index is 13.0. The van der Waals surface area contributed by atoms with E-state index >= 15 is 0 Å². The number of hydrogen-bond donors (Lipinski definition) is 1. The van der Waals surface area contributed by atoms with Crippen LogP contribution in [0.2, 0.25) is 0 Å². The summed E-state index contributed by atoms with van der Waals surface area (Å²) in [5.74, 6) is -0.189. The van der Waals surface area contributed by atoms with Crippen LogP contribution in [0.3, 0.4) is 0 Å². The van der Waals surface area contributed by atoms with Gasteiger partial charge in [0.2, 0.25) is 10.0 Å². The van der Waals surface area contributed by atoms with Crippen LogP contribution in [-0.2, 0) is 25.3 Å². The standard InChI is InChI=1S/C23H27F2NO6S/c1-2-30-21(27)10-5-3-4-7-18-17-13-15(14-33(26,28)29)11-12-16(17)22-19(31-18)8-6-9-20(22)32-23(24)25/h6,8-9,11-13,18,23H,2-5,7,10,14H2,1H3,(H2,26,28,29). The minimum atomic E-state index is -3.75. The highest BCUT2D eigenvalue weighted by Gasteiger charge is 2.29. The summed E-state index contributed by atoms with van der Waals surface area (Å²) in [6.07, 6.45) is 2.70. The average molecular weight is 484 g/mol. The maximum Gasteiger partial charge on any atom is 0.387 e. The van der Waals surface area contributed by atoms with Gasteiger partial charge in [0.1, 0.15) is 17.6 Å². The molecule has 0 fully saturated rings. The van der Waals surface area contributed by atoms with Crippen LogP contribution >= 0.6 is 0 Å². The Labute approximate surface area is 191 Å². The molecule has 3 rings (SSSR count). The van der Waals surface area contributed by atoms with Gasteiger partial charge in [0.15, 0.2) is 0 Å². The van der Waals surface area contributed by atoms with Crippen LogP contribution in [0.15, 0.2) is 36.4 Å². The number of fused-ring (bicyclic) bond motifs is 3. The van der Waals surface area contributed by atoms with E-state index in [2.05, 4.69) is 0 Å². The van der Waals surface area contributed by atoms with E-state index in [0.29, 0.717) is 53.9 Å². The lowest BCUT2D eigenvalue weighted by atomic mass is 9.89. The molecule has 0 bridgehead atoms. The second kappa shape index (κ2) is 10.9. The number of sulfonamides is 1. The molecule has 1 atom stereocenters. The smallest absolute Gasteiger partial charge is 0.387 e. The van der Waals surface area contributed by atoms with Gasteiger partial charge >= 0.3 is 12.6 Å². The molecule has 1 aliphatic rings. The van der Waals surface area contributed by atoms with E-state index in [1.54, 1.807) is 37.3 Å². The number of carbonyl (C=O) groups is 1. The molecule has 10 heteroatoms. The molecule has 1 unspecified atom stereocenters. The predicted molar refractivity (Wildman–Crippen MR) is 118 cm³/mol. The number of benzene rings is 2. The summed E-state index contributed by atoms with van der Waals surface area (Å²) in [5.41, 5.74) is 2.19. The zero-order chi connectivity index (χ0) is 24.0. The van der Waals surface area contributed by atoms with Crippen molar-refractivity contribution in [3.8, 4) is 22.6 Å². The zero-order valence-electron chi connectivity index (χ0n) is 18.3. The summed E-state index contributed by atoms with van der Waals surface area (Å²) < 4.78 is 64.8. The van der Waals surface area contributed by atoms with E-state index in [0.717, 1.165) is 12.8 Å². The van der Waals surface area contributed by atoms with Crippen LogP contribution in [0.5, 0.6) is 11.5 Å². The first-order valence-electron chi connectivity index (χ1n) is 10.7. The van der Waals surface area contributed by atoms with Gasteiger partial charge in [0, 0.05) is 12.0 Å². The Hall–Kier alpha value is -2.72. The Bertz CT molecular complexity index is 1090. The lowest BCUT2D eigenvalue weighted by Crippen LogP contribution is -2.18. The summed E-state index contributed by atoms with van der Waals surface area (Å²) in [6, 6.07) is 9.67. The lowest BCUT2D eigenvalue weighted by molar-refractivity contribution is -0.143. The molecular formula is C23H27F2NO6S. The molecule has 0 aromatic heterocycles. The van der Waals surface area contributed by atoms with Crippen molar-refractivity contribution >= 4 is 16.0 Å². The Morgan fingerprint density at radius 1 is 1.18 bits per heavy atom. The van der Waals surface area contributed by atoms with E-state index in [1.165, 1.54) is 6.07 Å². The van der Waals surface area contributed by atoms with Gasteiger partial charge in [-0.15, -0.1) is 0 Å². The second-order valence-corrected chi connectivity index (χ2v) is 9.36. The normalized spacial score (nSPS) is 14.9. The Morgan fingerprint density at radius 3 is 2.67 bits per heavy atom. The topological polar surface area (TPSA) is 105 Å². The van der Waals surface area contributed by atoms with Crippen molar-refractivity contribution in [2.75, 3.05) is 6.61 Å². The first-order chi connectivity index (χ1) is 15.7. The largest absolute Gasteiger partial charge is 0.485 e. The molecule has 0 aliphatic carbocycles. The highest BCUT2D eigenvalue weighted by molar-refractivity contribution is 7.88. The van der Waals surface area contributed by atoms with E-state index in [-0.39, 0.29) is 17.5 Å². The number of ether oxygens (including phenoxy) is 3. The number of unbranched alkanes of at least 4 members (excludes halogenated alkanes) is 2. The zero-order valence-corrected chi connectivity index (χ0v) is 19.1. The summed E-state index contributed by atoms with van der Waals surface area (Å²) in [4.78, 5) is 11.5. The van der Waals surface area contributed by atoms with Crippen molar-refractivity contribution in [2.45, 2.75) is 57.5 Å². The highest BCUT2D eigenvalue weighted by atomic mass is 32.2. The molecule has 2 N–H and O–H groups in total. The van der Waals surface area contributed by atoms with Crippen molar-refractivity contribution in [2.24, 2.45) is 5.14 Å². The summed E-state index contributed by atoms with van der Waals surface area (Å²) in [7, 11) is -3.75. The lowest BCUT2D eigenvalue weighted by Gasteiger charge is -2.30. The summed E-state index contributed by atoms with van der Waals surface area (Å²) in [6.45, 7) is -0.891. The molecular weight excluding hydrogens is 456 g/mol. The molecule has 0 spiro atoms. The number of esters is 1. The molecule has 0 radical (unpaired) electrons. The fourth-order valence-corrected chi connectivity index (χ4v) is 4.58. The number of halogens is 2.